The molecule has 2 atom stereocenters. The molecule has 5 rings (SSSR count). The van der Waals surface area contributed by atoms with Crippen molar-refractivity contribution in [1.82, 2.24) is 19.7 Å². The van der Waals surface area contributed by atoms with Crippen molar-refractivity contribution in [2.75, 3.05) is 44.6 Å². The monoisotopic (exact) mass is 529 g/mol. The number of piperazine rings is 1. The Morgan fingerprint density at radius 1 is 0.972 bits per heavy atom. The standard InChI is InChI=1S/C26H32ClN5O3S/c27-20-7-4-19(5-8-20)25(35)29-26-28-21(17-36-26)15-23(33)31-13-11-30(12-14-31)16-24(34)32-10-2-1-3-18-6-9-22(18)32/h4-5,7-8,17-18,22H,1-3,6,9-16H2,(H,28,29,35)/t18-,22?/m1/s1. The lowest BCUT2D eigenvalue weighted by Crippen LogP contribution is -2.55. The van der Waals surface area contributed by atoms with Crippen LogP contribution >= 0.6 is 22.9 Å². The van der Waals surface area contributed by atoms with Crippen molar-refractivity contribution in [1.29, 1.82) is 0 Å². The number of carbonyl (C=O) groups excluding carboxylic acids is 3. The average molecular weight is 530 g/mol. The highest BCUT2D eigenvalue weighted by atomic mass is 35.5. The number of anilines is 1. The zero-order valence-corrected chi connectivity index (χ0v) is 21.9. The zero-order valence-electron chi connectivity index (χ0n) is 20.3. The summed E-state index contributed by atoms with van der Waals surface area (Å²) in [6, 6.07) is 7.09. The summed E-state index contributed by atoms with van der Waals surface area (Å²) >= 11 is 7.18. The number of benzene rings is 1. The lowest BCUT2D eigenvalue weighted by molar-refractivity contribution is -0.139. The molecule has 10 heteroatoms. The fourth-order valence-electron chi connectivity index (χ4n) is 5.38. The van der Waals surface area contributed by atoms with Gasteiger partial charge in [-0.1, -0.05) is 18.0 Å². The summed E-state index contributed by atoms with van der Waals surface area (Å²) in [6.45, 7) is 3.99. The van der Waals surface area contributed by atoms with E-state index in [1.807, 2.05) is 4.90 Å². The summed E-state index contributed by atoms with van der Waals surface area (Å²) in [7, 11) is 0. The van der Waals surface area contributed by atoms with E-state index in [0.29, 0.717) is 66.1 Å². The molecule has 2 aromatic rings. The van der Waals surface area contributed by atoms with E-state index in [1.165, 1.54) is 30.6 Å². The molecule has 1 saturated carbocycles. The second kappa shape index (κ2) is 11.3. The van der Waals surface area contributed by atoms with Crippen molar-refractivity contribution in [3.05, 3.63) is 45.9 Å². The number of nitrogens with zero attached hydrogens (tertiary/aromatic N) is 4. The van der Waals surface area contributed by atoms with Crippen LogP contribution in [0.3, 0.4) is 0 Å². The van der Waals surface area contributed by atoms with Gasteiger partial charge < -0.3 is 9.80 Å². The maximum absolute atomic E-state index is 13.0. The molecule has 1 N–H and O–H groups in total. The number of thiazole rings is 1. The van der Waals surface area contributed by atoms with Crippen LogP contribution in [0.15, 0.2) is 29.6 Å². The predicted octanol–water partition coefficient (Wildman–Crippen LogP) is 3.53. The maximum Gasteiger partial charge on any atom is 0.257 e. The molecule has 1 aliphatic carbocycles. The van der Waals surface area contributed by atoms with Crippen molar-refractivity contribution in [2.24, 2.45) is 5.92 Å². The third kappa shape index (κ3) is 5.90. The molecule has 0 bridgehead atoms. The number of aromatic nitrogens is 1. The van der Waals surface area contributed by atoms with Gasteiger partial charge in [-0.2, -0.15) is 0 Å². The molecule has 2 aliphatic heterocycles. The molecule has 192 valence electrons. The number of likely N-dealkylation sites (tertiary alicyclic amines) is 1. The van der Waals surface area contributed by atoms with Crippen molar-refractivity contribution in [3.8, 4) is 0 Å². The van der Waals surface area contributed by atoms with Crippen molar-refractivity contribution in [2.45, 2.75) is 44.6 Å². The average Bonchev–Trinajstić information content (AvgIpc) is 3.22. The van der Waals surface area contributed by atoms with Crippen LogP contribution in [0.4, 0.5) is 5.13 Å². The van der Waals surface area contributed by atoms with Crippen LogP contribution in [0.25, 0.3) is 0 Å². The molecule has 0 spiro atoms. The fourth-order valence-corrected chi connectivity index (χ4v) is 6.21. The summed E-state index contributed by atoms with van der Waals surface area (Å²) in [4.78, 5) is 48.8. The second-order valence-corrected chi connectivity index (χ2v) is 11.2. The minimum absolute atomic E-state index is 0.0201. The van der Waals surface area contributed by atoms with Crippen molar-refractivity contribution >= 4 is 45.8 Å². The van der Waals surface area contributed by atoms with Crippen molar-refractivity contribution in [3.63, 3.8) is 0 Å². The van der Waals surface area contributed by atoms with E-state index in [9.17, 15) is 14.4 Å². The van der Waals surface area contributed by atoms with E-state index in [4.69, 9.17) is 11.6 Å². The molecule has 1 unspecified atom stereocenters. The fraction of sp³-hybridized carbons (Fsp3) is 0.538. The van der Waals surface area contributed by atoms with Gasteiger partial charge >= 0.3 is 0 Å². The molecule has 36 heavy (non-hydrogen) atoms. The van der Waals surface area contributed by atoms with Gasteiger partial charge in [0.05, 0.1) is 18.7 Å². The number of hydrogen-bond acceptors (Lipinski definition) is 6. The van der Waals surface area contributed by atoms with Gasteiger partial charge in [0.15, 0.2) is 5.13 Å². The third-order valence-electron chi connectivity index (χ3n) is 7.62. The molecule has 3 amide bonds. The largest absolute Gasteiger partial charge is 0.340 e. The smallest absolute Gasteiger partial charge is 0.257 e. The van der Waals surface area contributed by atoms with Crippen LogP contribution in [-0.2, 0) is 16.0 Å². The van der Waals surface area contributed by atoms with Gasteiger partial charge in [-0.3, -0.25) is 24.6 Å². The number of fused-ring (bicyclic) bond motifs is 1. The molecule has 0 radical (unpaired) electrons. The lowest BCUT2D eigenvalue weighted by Gasteiger charge is -2.44. The minimum Gasteiger partial charge on any atom is -0.340 e. The van der Waals surface area contributed by atoms with E-state index in [2.05, 4.69) is 20.1 Å². The lowest BCUT2D eigenvalue weighted by atomic mass is 9.76. The first-order chi connectivity index (χ1) is 17.5. The van der Waals surface area contributed by atoms with Gasteiger partial charge in [-0.25, -0.2) is 4.98 Å². The number of amides is 3. The Morgan fingerprint density at radius 3 is 2.47 bits per heavy atom. The molecule has 3 aliphatic rings. The first kappa shape index (κ1) is 25.2. The molecule has 8 nitrogen and oxygen atoms in total. The summed E-state index contributed by atoms with van der Waals surface area (Å²) in [5.74, 6) is 0.717. The Morgan fingerprint density at radius 2 is 1.75 bits per heavy atom. The van der Waals surface area contributed by atoms with Crippen LogP contribution in [0.5, 0.6) is 0 Å². The highest BCUT2D eigenvalue weighted by Gasteiger charge is 2.39. The molecule has 3 fully saturated rings. The van der Waals surface area contributed by atoms with E-state index < -0.39 is 0 Å². The summed E-state index contributed by atoms with van der Waals surface area (Å²) in [5, 5.41) is 5.61. The Kier molecular flexibility index (Phi) is 7.88. The van der Waals surface area contributed by atoms with Gasteiger partial charge in [0.1, 0.15) is 0 Å². The molecule has 1 aromatic heterocycles. The van der Waals surface area contributed by atoms with E-state index in [0.717, 1.165) is 19.4 Å². The number of nitrogens with one attached hydrogen (secondary N) is 1. The Labute approximate surface area is 220 Å². The predicted molar refractivity (Wildman–Crippen MR) is 140 cm³/mol. The first-order valence-corrected chi connectivity index (χ1v) is 14.0. The normalized spacial score (nSPS) is 22.4. The number of carbonyl (C=O) groups is 3. The highest BCUT2D eigenvalue weighted by molar-refractivity contribution is 7.14. The van der Waals surface area contributed by atoms with Crippen LogP contribution in [-0.4, -0.2) is 82.7 Å². The Hall–Kier alpha value is -2.49. The maximum atomic E-state index is 13.0. The summed E-state index contributed by atoms with van der Waals surface area (Å²) < 4.78 is 0. The molecular formula is C26H32ClN5O3S. The third-order valence-corrected chi connectivity index (χ3v) is 8.68. The number of rotatable bonds is 6. The molecule has 1 aromatic carbocycles. The van der Waals surface area contributed by atoms with Gasteiger partial charge in [0, 0.05) is 54.7 Å². The first-order valence-electron chi connectivity index (χ1n) is 12.8. The van der Waals surface area contributed by atoms with Crippen LogP contribution in [0.2, 0.25) is 5.02 Å². The minimum atomic E-state index is -0.266. The molecule has 3 heterocycles. The van der Waals surface area contributed by atoms with Crippen LogP contribution in [0.1, 0.15) is 48.2 Å². The quantitative estimate of drug-likeness (QED) is 0.618. The highest BCUT2D eigenvalue weighted by Crippen LogP contribution is 2.38. The zero-order chi connectivity index (χ0) is 25.1. The van der Waals surface area contributed by atoms with Gasteiger partial charge in [0.25, 0.3) is 5.91 Å². The second-order valence-electron chi connectivity index (χ2n) is 9.93. The topological polar surface area (TPSA) is 85.9 Å². The summed E-state index contributed by atoms with van der Waals surface area (Å²) in [5.41, 5.74) is 1.14. The van der Waals surface area contributed by atoms with Crippen LogP contribution in [0, 0.1) is 5.92 Å². The Balaban J connectivity index is 1.07. The van der Waals surface area contributed by atoms with Gasteiger partial charge in [0.2, 0.25) is 11.8 Å². The Bertz CT molecular complexity index is 1100. The number of halogens is 1. The number of hydrogen-bond donors (Lipinski definition) is 1. The van der Waals surface area contributed by atoms with E-state index in [1.54, 1.807) is 29.6 Å². The van der Waals surface area contributed by atoms with E-state index >= 15 is 0 Å². The molecule has 2 saturated heterocycles. The SMILES string of the molecule is O=C(Nc1nc(CC(=O)N2CCN(CC(=O)N3CCCC[C@@H]4CCC43)CC2)cs1)c1ccc(Cl)cc1. The van der Waals surface area contributed by atoms with Gasteiger partial charge in [-0.15, -0.1) is 11.3 Å². The molecular weight excluding hydrogens is 498 g/mol. The van der Waals surface area contributed by atoms with Gasteiger partial charge in [-0.05, 0) is 55.9 Å². The van der Waals surface area contributed by atoms with Crippen molar-refractivity contribution < 1.29 is 14.4 Å². The van der Waals surface area contributed by atoms with Crippen LogP contribution < -0.4 is 5.32 Å². The van der Waals surface area contributed by atoms with E-state index in [-0.39, 0.29) is 24.1 Å². The summed E-state index contributed by atoms with van der Waals surface area (Å²) in [6.07, 6.45) is 6.24.